The van der Waals surface area contributed by atoms with Gasteiger partial charge in [-0.1, -0.05) is 0 Å². The van der Waals surface area contributed by atoms with Gasteiger partial charge in [-0.25, -0.2) is 22.2 Å². The first kappa shape index (κ1) is 21.3. The summed E-state index contributed by atoms with van der Waals surface area (Å²) in [6.45, 7) is 2.52. The van der Waals surface area contributed by atoms with Gasteiger partial charge in [-0.05, 0) is 44.2 Å². The molecular formula is C20H20F2N4O4S. The molecule has 31 heavy (non-hydrogen) atoms. The van der Waals surface area contributed by atoms with E-state index in [9.17, 15) is 22.0 Å². The zero-order valence-electron chi connectivity index (χ0n) is 16.7. The topological polar surface area (TPSA) is 121 Å². The fraction of sp³-hybridized carbons (Fsp3) is 0.350. The number of carbonyl (C=O) groups is 1. The lowest BCUT2D eigenvalue weighted by molar-refractivity contribution is 0.102. The fourth-order valence-corrected chi connectivity index (χ4v) is 5.98. The summed E-state index contributed by atoms with van der Waals surface area (Å²) in [7, 11) is -3.91. The molecule has 0 unspecified atom stereocenters. The molecule has 164 valence electrons. The van der Waals surface area contributed by atoms with E-state index in [1.807, 2.05) is 0 Å². The van der Waals surface area contributed by atoms with Crippen LogP contribution >= 0.6 is 0 Å². The van der Waals surface area contributed by atoms with E-state index >= 15 is 0 Å². The van der Waals surface area contributed by atoms with E-state index in [0.29, 0.717) is 0 Å². The summed E-state index contributed by atoms with van der Waals surface area (Å²) < 4.78 is 58.3. The summed E-state index contributed by atoms with van der Waals surface area (Å²) in [5, 5.41) is 12.6. The Kier molecular flexibility index (Phi) is 4.85. The summed E-state index contributed by atoms with van der Waals surface area (Å²) in [4.78, 5) is 16.1. The smallest absolute Gasteiger partial charge is 0.274 e. The number of benzene rings is 1. The highest BCUT2D eigenvalue weighted by Gasteiger charge is 2.63. The molecule has 8 nitrogen and oxygen atoms in total. The molecule has 2 fully saturated rings. The molecule has 2 aliphatic rings. The highest BCUT2D eigenvalue weighted by molar-refractivity contribution is 7.94. The molecule has 11 heteroatoms. The number of nitrogens with zero attached hydrogens (tertiary/aromatic N) is 1. The Balaban J connectivity index is 1.74. The van der Waals surface area contributed by atoms with Crippen molar-refractivity contribution in [3.63, 3.8) is 0 Å². The van der Waals surface area contributed by atoms with Crippen molar-refractivity contribution in [2.75, 3.05) is 18.5 Å². The van der Waals surface area contributed by atoms with E-state index in [-0.39, 0.29) is 36.0 Å². The molecule has 0 bridgehead atoms. The molecule has 1 aromatic carbocycles. The van der Waals surface area contributed by atoms with E-state index in [1.54, 1.807) is 0 Å². The normalized spacial score (nSPS) is 26.1. The molecule has 4 rings (SSSR count). The van der Waals surface area contributed by atoms with Crippen molar-refractivity contribution in [2.45, 2.75) is 29.4 Å². The lowest BCUT2D eigenvalue weighted by atomic mass is 9.86. The highest BCUT2D eigenvalue weighted by Crippen LogP contribution is 2.44. The third-order valence-electron chi connectivity index (χ3n) is 5.85. The number of amidine groups is 1. The maximum atomic E-state index is 14.9. The highest BCUT2D eigenvalue weighted by atomic mass is 32.2. The number of halogens is 2. The van der Waals surface area contributed by atoms with Gasteiger partial charge in [-0.3, -0.25) is 10.2 Å². The summed E-state index contributed by atoms with van der Waals surface area (Å²) in [6, 6.07) is 6.01. The van der Waals surface area contributed by atoms with E-state index in [2.05, 4.69) is 15.6 Å². The molecule has 0 radical (unpaired) electrons. The maximum absolute atomic E-state index is 14.9. The molecule has 1 aromatic heterocycles. The monoisotopic (exact) mass is 450 g/mol. The minimum Gasteiger partial charge on any atom is -0.377 e. The van der Waals surface area contributed by atoms with Crippen LogP contribution in [0.3, 0.4) is 0 Å². The maximum Gasteiger partial charge on any atom is 0.274 e. The molecule has 2 saturated heterocycles. The second kappa shape index (κ2) is 7.06. The van der Waals surface area contributed by atoms with Crippen molar-refractivity contribution in [3.8, 4) is 0 Å². The quantitative estimate of drug-likeness (QED) is 0.658. The van der Waals surface area contributed by atoms with Gasteiger partial charge in [0.1, 0.15) is 38.7 Å². The summed E-state index contributed by atoms with van der Waals surface area (Å²) in [5.74, 6) is -2.21. The molecule has 0 aliphatic carbocycles. The van der Waals surface area contributed by atoms with Gasteiger partial charge in [0.05, 0.1) is 19.4 Å². The standard InChI is InChI=1S/C20H20F2N4O4S/c1-19(2)18(23)26-20(10-30-9-16(20)31(19,28)29)13-7-12(4-5-14(13)22)25-17(27)15-6-3-11(21)8-24-15/h3-8,16H,9-10H2,1-2H3,(H2,23,26)(H,25,27)/t16-,20-/m1/s1. The Labute approximate surface area is 177 Å². The van der Waals surface area contributed by atoms with Gasteiger partial charge < -0.3 is 15.4 Å². The number of anilines is 1. The van der Waals surface area contributed by atoms with Crippen LogP contribution in [0.4, 0.5) is 14.5 Å². The van der Waals surface area contributed by atoms with Crippen LogP contribution in [-0.2, 0) is 20.1 Å². The second-order valence-electron chi connectivity index (χ2n) is 8.04. The Hall–Kier alpha value is -2.92. The number of ether oxygens (including phenoxy) is 1. The summed E-state index contributed by atoms with van der Waals surface area (Å²) in [5.41, 5.74) is -1.41. The van der Waals surface area contributed by atoms with Crippen molar-refractivity contribution in [3.05, 3.63) is 59.4 Å². The first-order chi connectivity index (χ1) is 14.5. The number of sulfone groups is 1. The predicted octanol–water partition coefficient (Wildman–Crippen LogP) is 1.98. The number of aromatic nitrogens is 1. The summed E-state index contributed by atoms with van der Waals surface area (Å²) >= 11 is 0. The Bertz CT molecular complexity index is 1180. The number of amides is 1. The lowest BCUT2D eigenvalue weighted by Crippen LogP contribution is -2.69. The van der Waals surface area contributed by atoms with Crippen LogP contribution < -0.4 is 10.6 Å². The Morgan fingerprint density at radius 3 is 2.71 bits per heavy atom. The van der Waals surface area contributed by atoms with Gasteiger partial charge in [0.2, 0.25) is 0 Å². The largest absolute Gasteiger partial charge is 0.377 e. The molecule has 0 spiro atoms. The van der Waals surface area contributed by atoms with Crippen LogP contribution in [0.5, 0.6) is 0 Å². The zero-order chi connectivity index (χ0) is 22.6. The number of fused-ring (bicyclic) bond motifs is 1. The Morgan fingerprint density at radius 2 is 2.03 bits per heavy atom. The molecule has 3 N–H and O–H groups in total. The second-order valence-corrected chi connectivity index (χ2v) is 10.7. The summed E-state index contributed by atoms with van der Waals surface area (Å²) in [6.07, 6.45) is 0.897. The Morgan fingerprint density at radius 1 is 1.29 bits per heavy atom. The zero-order valence-corrected chi connectivity index (χ0v) is 17.5. The molecule has 2 atom stereocenters. The number of hydrogen-bond donors (Lipinski definition) is 3. The van der Waals surface area contributed by atoms with Crippen LogP contribution in [0.1, 0.15) is 29.9 Å². The minimum atomic E-state index is -3.91. The fourth-order valence-electron chi connectivity index (χ4n) is 3.87. The van der Waals surface area contributed by atoms with Gasteiger partial charge in [0, 0.05) is 11.3 Å². The van der Waals surface area contributed by atoms with Gasteiger partial charge in [0.25, 0.3) is 5.91 Å². The van der Waals surface area contributed by atoms with Crippen molar-refractivity contribution < 1.29 is 26.7 Å². The number of carbonyl (C=O) groups excluding carboxylic acids is 1. The van der Waals surface area contributed by atoms with Crippen LogP contribution in [0.2, 0.25) is 0 Å². The molecule has 2 aromatic rings. The number of nitrogens with one attached hydrogen (secondary N) is 3. The lowest BCUT2D eigenvalue weighted by Gasteiger charge is -2.46. The first-order valence-corrected chi connectivity index (χ1v) is 10.9. The third-order valence-corrected chi connectivity index (χ3v) is 8.76. The minimum absolute atomic E-state index is 0.0382. The van der Waals surface area contributed by atoms with Crippen LogP contribution in [0.25, 0.3) is 0 Å². The van der Waals surface area contributed by atoms with Gasteiger partial charge >= 0.3 is 0 Å². The molecule has 3 heterocycles. The van der Waals surface area contributed by atoms with Crippen LogP contribution in [0, 0.1) is 17.0 Å². The first-order valence-electron chi connectivity index (χ1n) is 9.40. The van der Waals surface area contributed by atoms with Crippen molar-refractivity contribution in [1.82, 2.24) is 10.3 Å². The van der Waals surface area contributed by atoms with Crippen molar-refractivity contribution in [2.24, 2.45) is 0 Å². The molecule has 0 saturated carbocycles. The third kappa shape index (κ3) is 3.19. The van der Waals surface area contributed by atoms with Crippen molar-refractivity contribution in [1.29, 1.82) is 5.41 Å². The van der Waals surface area contributed by atoms with Crippen LogP contribution in [-0.4, -0.2) is 48.4 Å². The van der Waals surface area contributed by atoms with Crippen molar-refractivity contribution >= 4 is 27.3 Å². The van der Waals surface area contributed by atoms with E-state index < -0.39 is 42.9 Å². The molecular weight excluding hydrogens is 430 g/mol. The SMILES string of the molecule is CC1(C)C(=N)N[C@@]2(c3cc(NC(=O)c4ccc(F)cn4)ccc3F)COC[C@H]2S1(=O)=O. The van der Waals surface area contributed by atoms with E-state index in [4.69, 9.17) is 10.1 Å². The average Bonchev–Trinajstić information content (AvgIpc) is 3.14. The van der Waals surface area contributed by atoms with E-state index in [0.717, 1.165) is 18.3 Å². The van der Waals surface area contributed by atoms with E-state index in [1.165, 1.54) is 32.0 Å². The number of rotatable bonds is 3. The average molecular weight is 450 g/mol. The van der Waals surface area contributed by atoms with Gasteiger partial charge in [-0.2, -0.15) is 0 Å². The van der Waals surface area contributed by atoms with Crippen LogP contribution in [0.15, 0.2) is 36.5 Å². The predicted molar refractivity (Wildman–Crippen MR) is 109 cm³/mol. The number of hydrogen-bond acceptors (Lipinski definition) is 6. The number of pyridine rings is 1. The molecule has 2 aliphatic heterocycles. The molecule has 1 amide bonds. The van der Waals surface area contributed by atoms with Gasteiger partial charge in [-0.15, -0.1) is 0 Å². The van der Waals surface area contributed by atoms with Gasteiger partial charge in [0.15, 0.2) is 9.84 Å².